The van der Waals surface area contributed by atoms with Gasteiger partial charge in [0, 0.05) is 34.6 Å². The first-order valence-corrected chi connectivity index (χ1v) is 11.3. The molecular formula is C25H24Cl2FN3O. The molecule has 0 spiro atoms. The van der Waals surface area contributed by atoms with Crippen molar-refractivity contribution in [3.8, 4) is 0 Å². The fourth-order valence-corrected chi connectivity index (χ4v) is 4.66. The molecule has 0 saturated carbocycles. The van der Waals surface area contributed by atoms with Gasteiger partial charge in [0.1, 0.15) is 11.0 Å². The van der Waals surface area contributed by atoms with E-state index in [2.05, 4.69) is 10.3 Å². The first kappa shape index (κ1) is 22.6. The minimum atomic E-state index is -0.253. The van der Waals surface area contributed by atoms with Crippen LogP contribution in [0.5, 0.6) is 0 Å². The summed E-state index contributed by atoms with van der Waals surface area (Å²) in [7, 11) is 0. The van der Waals surface area contributed by atoms with Crippen LogP contribution in [-0.2, 0) is 4.79 Å². The minimum absolute atomic E-state index is 0.193. The summed E-state index contributed by atoms with van der Waals surface area (Å²) in [5.41, 5.74) is 5.50. The van der Waals surface area contributed by atoms with Gasteiger partial charge in [-0.05, 0) is 68.0 Å². The second-order valence-electron chi connectivity index (χ2n) is 8.22. The van der Waals surface area contributed by atoms with E-state index in [4.69, 9.17) is 23.2 Å². The highest BCUT2D eigenvalue weighted by atomic mass is 35.5. The number of nitrogens with one attached hydrogen (secondary N) is 1. The van der Waals surface area contributed by atoms with Crippen molar-refractivity contribution in [1.82, 2.24) is 9.88 Å². The molecule has 1 aliphatic heterocycles. The fraction of sp³-hybridized carbons (Fsp3) is 0.280. The molecule has 1 saturated heterocycles. The highest BCUT2D eigenvalue weighted by Gasteiger charge is 2.32. The maximum Gasteiger partial charge on any atom is 0.210 e. The Morgan fingerprint density at radius 2 is 1.91 bits per heavy atom. The molecule has 7 heteroatoms. The monoisotopic (exact) mass is 471 g/mol. The van der Waals surface area contributed by atoms with Gasteiger partial charge in [0.15, 0.2) is 0 Å². The van der Waals surface area contributed by atoms with Crippen LogP contribution < -0.4 is 5.32 Å². The lowest BCUT2D eigenvalue weighted by Gasteiger charge is -2.38. The number of benzene rings is 2. The second kappa shape index (κ2) is 9.47. The van der Waals surface area contributed by atoms with Crippen LogP contribution in [0.2, 0.25) is 10.2 Å². The summed E-state index contributed by atoms with van der Waals surface area (Å²) in [4.78, 5) is 18.1. The highest BCUT2D eigenvalue weighted by Crippen LogP contribution is 2.43. The van der Waals surface area contributed by atoms with Crippen molar-refractivity contribution in [3.05, 3.63) is 86.9 Å². The predicted octanol–water partition coefficient (Wildman–Crippen LogP) is 6.97. The number of likely N-dealkylation sites (tertiary alicyclic amines) is 1. The number of anilines is 2. The van der Waals surface area contributed by atoms with E-state index in [1.54, 1.807) is 11.1 Å². The average molecular weight is 472 g/mol. The first-order valence-electron chi connectivity index (χ1n) is 10.5. The molecular weight excluding hydrogens is 448 g/mol. The number of hydrogen-bond acceptors (Lipinski definition) is 3. The van der Waals surface area contributed by atoms with Crippen LogP contribution in [0.4, 0.5) is 15.8 Å². The zero-order valence-electron chi connectivity index (χ0n) is 17.9. The summed E-state index contributed by atoms with van der Waals surface area (Å²) >= 11 is 12.6. The number of pyridine rings is 1. The zero-order valence-corrected chi connectivity index (χ0v) is 19.4. The summed E-state index contributed by atoms with van der Waals surface area (Å²) < 4.78 is 13.4. The Morgan fingerprint density at radius 3 is 2.62 bits per heavy atom. The summed E-state index contributed by atoms with van der Waals surface area (Å²) in [6.07, 6.45) is 4.16. The van der Waals surface area contributed by atoms with Gasteiger partial charge in [0.2, 0.25) is 6.41 Å². The lowest BCUT2D eigenvalue weighted by Crippen LogP contribution is -2.35. The van der Waals surface area contributed by atoms with Gasteiger partial charge in [-0.25, -0.2) is 9.37 Å². The lowest BCUT2D eigenvalue weighted by molar-refractivity contribution is -0.121. The summed E-state index contributed by atoms with van der Waals surface area (Å²) in [5, 5.41) is 4.52. The number of rotatable bonds is 5. The van der Waals surface area contributed by atoms with Crippen molar-refractivity contribution in [3.63, 3.8) is 0 Å². The van der Waals surface area contributed by atoms with Crippen molar-refractivity contribution in [2.45, 2.75) is 38.6 Å². The van der Waals surface area contributed by atoms with Crippen LogP contribution in [0.15, 0.2) is 48.7 Å². The largest absolute Gasteiger partial charge is 0.355 e. The Bertz CT molecular complexity index is 1140. The number of aryl methyl sites for hydroxylation is 1. The van der Waals surface area contributed by atoms with Crippen molar-refractivity contribution >= 4 is 41.0 Å². The van der Waals surface area contributed by atoms with Gasteiger partial charge in [0.05, 0.1) is 11.7 Å². The van der Waals surface area contributed by atoms with Crippen LogP contribution in [0, 0.1) is 19.7 Å². The third kappa shape index (κ3) is 4.59. The number of piperidine rings is 1. The SMILES string of the molecule is Cc1ccc(Cl)cc1Nc1c(C2CC(c3ccc(F)cc3)CCN2C=O)cnc(Cl)c1C. The molecule has 3 aromatic rings. The molecule has 4 nitrogen and oxygen atoms in total. The van der Waals surface area contributed by atoms with Gasteiger partial charge in [0.25, 0.3) is 0 Å². The highest BCUT2D eigenvalue weighted by molar-refractivity contribution is 6.31. The first-order chi connectivity index (χ1) is 15.4. The molecule has 0 bridgehead atoms. The topological polar surface area (TPSA) is 45.2 Å². The second-order valence-corrected chi connectivity index (χ2v) is 9.01. The van der Waals surface area contributed by atoms with E-state index >= 15 is 0 Å². The van der Waals surface area contributed by atoms with E-state index in [-0.39, 0.29) is 17.8 Å². The molecule has 1 aromatic heterocycles. The Balaban J connectivity index is 1.74. The quantitative estimate of drug-likeness (QED) is 0.322. The van der Waals surface area contributed by atoms with Crippen LogP contribution in [-0.4, -0.2) is 22.8 Å². The molecule has 2 aromatic carbocycles. The number of halogens is 3. The van der Waals surface area contributed by atoms with Crippen LogP contribution in [0.1, 0.15) is 47.1 Å². The molecule has 32 heavy (non-hydrogen) atoms. The number of carbonyl (C=O) groups is 1. The van der Waals surface area contributed by atoms with Crippen molar-refractivity contribution in [2.24, 2.45) is 0 Å². The molecule has 0 aliphatic carbocycles. The van der Waals surface area contributed by atoms with Gasteiger partial charge >= 0.3 is 0 Å². The van der Waals surface area contributed by atoms with E-state index in [9.17, 15) is 9.18 Å². The van der Waals surface area contributed by atoms with E-state index in [1.807, 2.05) is 44.2 Å². The Morgan fingerprint density at radius 1 is 1.16 bits per heavy atom. The number of carbonyl (C=O) groups excluding carboxylic acids is 1. The third-order valence-electron chi connectivity index (χ3n) is 6.23. The van der Waals surface area contributed by atoms with Crippen molar-refractivity contribution in [2.75, 3.05) is 11.9 Å². The molecule has 2 heterocycles. The van der Waals surface area contributed by atoms with Gasteiger partial charge in [-0.3, -0.25) is 4.79 Å². The molecule has 2 atom stereocenters. The van der Waals surface area contributed by atoms with Crippen LogP contribution in [0.25, 0.3) is 0 Å². The molecule has 1 aliphatic rings. The summed E-state index contributed by atoms with van der Waals surface area (Å²) in [6.45, 7) is 4.51. The fourth-order valence-electron chi connectivity index (χ4n) is 4.34. The Labute approximate surface area is 197 Å². The van der Waals surface area contributed by atoms with E-state index in [0.29, 0.717) is 23.1 Å². The molecule has 4 rings (SSSR count). The predicted molar refractivity (Wildman–Crippen MR) is 127 cm³/mol. The van der Waals surface area contributed by atoms with Gasteiger partial charge in [-0.2, -0.15) is 0 Å². The van der Waals surface area contributed by atoms with Crippen LogP contribution >= 0.6 is 23.2 Å². The van der Waals surface area contributed by atoms with Gasteiger partial charge < -0.3 is 10.2 Å². The summed E-state index contributed by atoms with van der Waals surface area (Å²) in [6, 6.07) is 12.1. The zero-order chi connectivity index (χ0) is 22.8. The Kier molecular flexibility index (Phi) is 6.68. The standard InChI is InChI=1S/C25H24Cl2FN3O/c1-15-3-6-19(26)12-22(15)30-24-16(2)25(27)29-13-21(24)23-11-18(9-10-31(23)14-32)17-4-7-20(28)8-5-17/h3-8,12-14,18,23H,9-11H2,1-2H3,(H,29,30). The Hall–Kier alpha value is -2.63. The van der Waals surface area contributed by atoms with Crippen molar-refractivity contribution in [1.29, 1.82) is 0 Å². The summed E-state index contributed by atoms with van der Waals surface area (Å²) in [5.74, 6) is -0.0509. The number of hydrogen-bond donors (Lipinski definition) is 1. The molecule has 166 valence electrons. The lowest BCUT2D eigenvalue weighted by atomic mass is 9.82. The maximum absolute atomic E-state index is 13.4. The number of nitrogens with zero attached hydrogens (tertiary/aromatic N) is 2. The minimum Gasteiger partial charge on any atom is -0.355 e. The third-order valence-corrected chi connectivity index (χ3v) is 6.85. The molecule has 1 N–H and O–H groups in total. The maximum atomic E-state index is 13.4. The van der Waals surface area contributed by atoms with E-state index < -0.39 is 0 Å². The average Bonchev–Trinajstić information content (AvgIpc) is 2.79. The van der Waals surface area contributed by atoms with Crippen LogP contribution in [0.3, 0.4) is 0 Å². The van der Waals surface area contributed by atoms with Gasteiger partial charge in [-0.15, -0.1) is 0 Å². The van der Waals surface area contributed by atoms with Crippen molar-refractivity contribution < 1.29 is 9.18 Å². The van der Waals surface area contributed by atoms with E-state index in [0.717, 1.165) is 46.5 Å². The van der Waals surface area contributed by atoms with Gasteiger partial charge in [-0.1, -0.05) is 41.4 Å². The smallest absolute Gasteiger partial charge is 0.210 e. The number of aromatic nitrogens is 1. The normalized spacial score (nSPS) is 18.5. The molecule has 1 amide bonds. The van der Waals surface area contributed by atoms with E-state index in [1.165, 1.54) is 12.1 Å². The molecule has 0 radical (unpaired) electrons. The molecule has 2 unspecified atom stereocenters. The number of amides is 1. The molecule has 1 fully saturated rings.